The minimum Gasteiger partial charge on any atom is -0.336 e. The molecule has 1 rings (SSSR count). The van der Waals surface area contributed by atoms with Gasteiger partial charge in [0.25, 0.3) is 0 Å². The van der Waals surface area contributed by atoms with Gasteiger partial charge in [0.05, 0.1) is 6.33 Å². The molecule has 0 fully saturated rings. The number of carbonyl (C=O) groups excluding carboxylic acids is 1. The highest BCUT2D eigenvalue weighted by Crippen LogP contribution is 2.15. The normalized spacial score (nSPS) is 11.6. The lowest BCUT2D eigenvalue weighted by molar-refractivity contribution is 0.111. The second-order valence-electron chi connectivity index (χ2n) is 4.15. The van der Waals surface area contributed by atoms with Crippen molar-refractivity contribution in [2.75, 3.05) is 0 Å². The third kappa shape index (κ3) is 2.49. The van der Waals surface area contributed by atoms with E-state index >= 15 is 0 Å². The molecule has 0 N–H and O–H groups in total. The van der Waals surface area contributed by atoms with E-state index in [-0.39, 0.29) is 5.41 Å². The Kier molecular flexibility index (Phi) is 2.31. The van der Waals surface area contributed by atoms with Gasteiger partial charge in [-0.1, -0.05) is 20.8 Å². The highest BCUT2D eigenvalue weighted by atomic mass is 16.1. The zero-order valence-corrected chi connectivity index (χ0v) is 7.74. The van der Waals surface area contributed by atoms with Gasteiger partial charge >= 0.3 is 0 Å². The maximum absolute atomic E-state index is 10.3. The first kappa shape index (κ1) is 8.97. The van der Waals surface area contributed by atoms with E-state index in [1.54, 1.807) is 12.5 Å². The molecule has 0 saturated heterocycles. The Balaban J connectivity index is 2.70. The fraction of sp³-hybridized carbons (Fsp3) is 0.556. The fourth-order valence-corrected chi connectivity index (χ4v) is 1.07. The maximum atomic E-state index is 10.3. The second-order valence-corrected chi connectivity index (χ2v) is 4.15. The predicted molar refractivity (Wildman–Crippen MR) is 47.1 cm³/mol. The molecular weight excluding hydrogens is 152 g/mol. The van der Waals surface area contributed by atoms with Crippen molar-refractivity contribution >= 4 is 6.29 Å². The van der Waals surface area contributed by atoms with Gasteiger partial charge in [-0.25, -0.2) is 4.98 Å². The Morgan fingerprint density at radius 2 is 2.25 bits per heavy atom. The van der Waals surface area contributed by atoms with Crippen molar-refractivity contribution in [3.8, 4) is 0 Å². The zero-order chi connectivity index (χ0) is 9.19. The topological polar surface area (TPSA) is 34.9 Å². The van der Waals surface area contributed by atoms with E-state index in [9.17, 15) is 4.79 Å². The van der Waals surface area contributed by atoms with Gasteiger partial charge in [-0.2, -0.15) is 0 Å². The molecule has 0 saturated carbocycles. The van der Waals surface area contributed by atoms with Crippen molar-refractivity contribution in [3.05, 3.63) is 18.2 Å². The largest absolute Gasteiger partial charge is 0.336 e. The van der Waals surface area contributed by atoms with Crippen molar-refractivity contribution in [3.63, 3.8) is 0 Å². The Hall–Kier alpha value is -1.12. The highest BCUT2D eigenvalue weighted by Gasteiger charge is 2.10. The Morgan fingerprint density at radius 3 is 2.67 bits per heavy atom. The lowest BCUT2D eigenvalue weighted by atomic mass is 9.97. The van der Waals surface area contributed by atoms with Crippen LogP contribution in [0.15, 0.2) is 12.5 Å². The van der Waals surface area contributed by atoms with Crippen LogP contribution in [0.25, 0.3) is 0 Å². The lowest BCUT2D eigenvalue weighted by Crippen LogP contribution is -2.13. The Morgan fingerprint density at radius 1 is 1.58 bits per heavy atom. The van der Waals surface area contributed by atoms with E-state index in [4.69, 9.17) is 0 Å². The summed E-state index contributed by atoms with van der Waals surface area (Å²) >= 11 is 0. The van der Waals surface area contributed by atoms with Crippen molar-refractivity contribution < 1.29 is 4.79 Å². The fourth-order valence-electron chi connectivity index (χ4n) is 1.07. The number of aromatic nitrogens is 2. The highest BCUT2D eigenvalue weighted by molar-refractivity contribution is 5.70. The molecule has 0 aliphatic rings. The van der Waals surface area contributed by atoms with Gasteiger partial charge in [0, 0.05) is 12.7 Å². The first-order valence-corrected chi connectivity index (χ1v) is 3.98. The first-order chi connectivity index (χ1) is 5.51. The molecule has 0 amide bonds. The standard InChI is InChI=1S/C9H14N2O/c1-9(2,3)6-11-4-8(5-12)10-7-11/h4-5,7H,6H2,1-3H3. The van der Waals surface area contributed by atoms with Crippen LogP contribution < -0.4 is 0 Å². The van der Waals surface area contributed by atoms with Crippen molar-refractivity contribution in [1.82, 2.24) is 9.55 Å². The molecule has 1 aromatic rings. The molecule has 0 aromatic carbocycles. The van der Waals surface area contributed by atoms with Gasteiger partial charge in [-0.15, -0.1) is 0 Å². The minimum absolute atomic E-state index is 0.223. The molecule has 1 heterocycles. The molecule has 3 heteroatoms. The van der Waals surface area contributed by atoms with Gasteiger partial charge in [0.15, 0.2) is 6.29 Å². The summed E-state index contributed by atoms with van der Waals surface area (Å²) in [7, 11) is 0. The van der Waals surface area contributed by atoms with Crippen molar-refractivity contribution in [1.29, 1.82) is 0 Å². The average molecular weight is 166 g/mol. The SMILES string of the molecule is CC(C)(C)Cn1cnc(C=O)c1. The van der Waals surface area contributed by atoms with Crippen LogP contribution in [-0.4, -0.2) is 15.8 Å². The smallest absolute Gasteiger partial charge is 0.169 e. The molecule has 0 radical (unpaired) electrons. The summed E-state index contributed by atoms with van der Waals surface area (Å²) < 4.78 is 1.93. The third-order valence-corrected chi connectivity index (χ3v) is 1.43. The predicted octanol–water partition coefficient (Wildman–Crippen LogP) is 1.74. The number of nitrogens with zero attached hydrogens (tertiary/aromatic N) is 2. The summed E-state index contributed by atoms with van der Waals surface area (Å²) in [5.41, 5.74) is 0.722. The average Bonchev–Trinajstić information content (AvgIpc) is 2.32. The molecule has 0 aliphatic heterocycles. The van der Waals surface area contributed by atoms with Crippen LogP contribution >= 0.6 is 0 Å². The van der Waals surface area contributed by atoms with Gasteiger partial charge in [0.2, 0.25) is 0 Å². The quantitative estimate of drug-likeness (QED) is 0.627. The second kappa shape index (κ2) is 3.09. The van der Waals surface area contributed by atoms with Gasteiger partial charge in [0.1, 0.15) is 5.69 Å². The molecule has 12 heavy (non-hydrogen) atoms. The third-order valence-electron chi connectivity index (χ3n) is 1.43. The summed E-state index contributed by atoms with van der Waals surface area (Å²) in [6, 6.07) is 0. The van der Waals surface area contributed by atoms with E-state index in [1.165, 1.54) is 0 Å². The first-order valence-electron chi connectivity index (χ1n) is 3.98. The number of aldehydes is 1. The lowest BCUT2D eigenvalue weighted by Gasteiger charge is -2.18. The van der Waals surface area contributed by atoms with Crippen LogP contribution in [0, 0.1) is 5.41 Å². The van der Waals surface area contributed by atoms with E-state index < -0.39 is 0 Å². The zero-order valence-electron chi connectivity index (χ0n) is 7.74. The summed E-state index contributed by atoms with van der Waals surface area (Å²) in [4.78, 5) is 14.2. The molecule has 0 bridgehead atoms. The van der Waals surface area contributed by atoms with Crippen LogP contribution in [0.3, 0.4) is 0 Å². The molecule has 0 unspecified atom stereocenters. The van der Waals surface area contributed by atoms with E-state index in [0.29, 0.717) is 5.69 Å². The molecular formula is C9H14N2O. The number of imidazole rings is 1. The number of hydrogen-bond acceptors (Lipinski definition) is 2. The molecule has 66 valence electrons. The van der Waals surface area contributed by atoms with Crippen LogP contribution in [0.4, 0.5) is 0 Å². The van der Waals surface area contributed by atoms with Crippen LogP contribution in [0.5, 0.6) is 0 Å². The maximum Gasteiger partial charge on any atom is 0.169 e. The van der Waals surface area contributed by atoms with Crippen LogP contribution in [0.2, 0.25) is 0 Å². The molecule has 1 aromatic heterocycles. The van der Waals surface area contributed by atoms with Gasteiger partial charge < -0.3 is 4.57 Å². The van der Waals surface area contributed by atoms with Gasteiger partial charge in [-0.05, 0) is 5.41 Å². The van der Waals surface area contributed by atoms with Crippen molar-refractivity contribution in [2.45, 2.75) is 27.3 Å². The Bertz CT molecular complexity index is 270. The van der Waals surface area contributed by atoms with Gasteiger partial charge in [-0.3, -0.25) is 4.79 Å². The number of hydrogen-bond donors (Lipinski definition) is 0. The van der Waals surface area contributed by atoms with Crippen LogP contribution in [-0.2, 0) is 6.54 Å². The molecule has 0 aliphatic carbocycles. The van der Waals surface area contributed by atoms with E-state index in [2.05, 4.69) is 25.8 Å². The summed E-state index contributed by atoms with van der Waals surface area (Å²) in [6.07, 6.45) is 4.21. The minimum atomic E-state index is 0.223. The molecule has 0 spiro atoms. The summed E-state index contributed by atoms with van der Waals surface area (Å²) in [5.74, 6) is 0. The van der Waals surface area contributed by atoms with Crippen LogP contribution in [0.1, 0.15) is 31.3 Å². The Labute approximate surface area is 72.4 Å². The summed E-state index contributed by atoms with van der Waals surface area (Å²) in [5, 5.41) is 0. The number of carbonyl (C=O) groups is 1. The monoisotopic (exact) mass is 166 g/mol. The van der Waals surface area contributed by atoms with Crippen molar-refractivity contribution in [2.24, 2.45) is 5.41 Å². The van der Waals surface area contributed by atoms with E-state index in [1.807, 2.05) is 4.57 Å². The number of rotatable bonds is 2. The molecule has 3 nitrogen and oxygen atoms in total. The summed E-state index contributed by atoms with van der Waals surface area (Å²) in [6.45, 7) is 7.32. The molecule has 0 atom stereocenters. The van der Waals surface area contributed by atoms with E-state index in [0.717, 1.165) is 12.8 Å².